The lowest BCUT2D eigenvalue weighted by atomic mass is 10.00. The molecule has 68 valence electrons. The van der Waals surface area contributed by atoms with Crippen molar-refractivity contribution < 1.29 is 4.79 Å². The van der Waals surface area contributed by atoms with Crippen LogP contribution in [-0.2, 0) is 17.6 Å². The number of carbonyl (C=O) groups excluding carboxylic acids is 1. The molecule has 0 spiro atoms. The van der Waals surface area contributed by atoms with E-state index < -0.39 is 5.54 Å². The van der Waals surface area contributed by atoms with Crippen molar-refractivity contribution in [1.82, 2.24) is 0 Å². The topological polar surface area (TPSA) is 43.1 Å². The second-order valence-electron chi connectivity index (χ2n) is 3.58. The summed E-state index contributed by atoms with van der Waals surface area (Å²) < 4.78 is 1.05. The fourth-order valence-corrected chi connectivity index (χ4v) is 2.34. The molecule has 2 N–H and O–H groups in total. The van der Waals surface area contributed by atoms with E-state index in [0.717, 1.165) is 10.8 Å². The van der Waals surface area contributed by atoms with Crippen molar-refractivity contribution in [3.63, 3.8) is 0 Å². The van der Waals surface area contributed by atoms with Gasteiger partial charge in [0, 0.05) is 4.47 Å². The second kappa shape index (κ2) is 2.93. The summed E-state index contributed by atoms with van der Waals surface area (Å²) >= 11 is 3.46. The first-order chi connectivity index (χ1) is 6.14. The van der Waals surface area contributed by atoms with E-state index in [1.54, 1.807) is 0 Å². The zero-order chi connectivity index (χ0) is 9.47. The minimum absolute atomic E-state index is 0.646. The van der Waals surface area contributed by atoms with Crippen LogP contribution in [0.25, 0.3) is 0 Å². The minimum atomic E-state index is -0.674. The summed E-state index contributed by atoms with van der Waals surface area (Å²) in [6.45, 7) is 0. The Hall–Kier alpha value is -0.670. The van der Waals surface area contributed by atoms with Gasteiger partial charge in [-0.3, -0.25) is 0 Å². The van der Waals surface area contributed by atoms with E-state index in [1.165, 1.54) is 11.1 Å². The monoisotopic (exact) mass is 239 g/mol. The Balaban J connectivity index is 2.46. The van der Waals surface area contributed by atoms with Gasteiger partial charge in [0.15, 0.2) is 0 Å². The summed E-state index contributed by atoms with van der Waals surface area (Å²) in [6, 6.07) is 5.98. The predicted molar refractivity (Wildman–Crippen MR) is 54.5 cm³/mol. The van der Waals surface area contributed by atoms with Gasteiger partial charge in [-0.05, 0) is 30.0 Å². The number of carbonyl (C=O) groups is 1. The van der Waals surface area contributed by atoms with E-state index in [4.69, 9.17) is 5.73 Å². The number of halogens is 1. The lowest BCUT2D eigenvalue weighted by Crippen LogP contribution is -2.42. The van der Waals surface area contributed by atoms with E-state index in [2.05, 4.69) is 15.9 Å². The van der Waals surface area contributed by atoms with Gasteiger partial charge >= 0.3 is 0 Å². The van der Waals surface area contributed by atoms with Crippen LogP contribution >= 0.6 is 15.9 Å². The van der Waals surface area contributed by atoms with Crippen LogP contribution < -0.4 is 5.73 Å². The summed E-state index contributed by atoms with van der Waals surface area (Å²) in [7, 11) is 0. The number of rotatable bonds is 1. The van der Waals surface area contributed by atoms with Crippen LogP contribution in [0.15, 0.2) is 22.7 Å². The molecular weight excluding hydrogens is 230 g/mol. The largest absolute Gasteiger partial charge is 0.319 e. The van der Waals surface area contributed by atoms with Gasteiger partial charge in [0.05, 0.1) is 5.54 Å². The van der Waals surface area contributed by atoms with Gasteiger partial charge in [0.25, 0.3) is 0 Å². The molecule has 0 bridgehead atoms. The third-order valence-electron chi connectivity index (χ3n) is 2.48. The zero-order valence-electron chi connectivity index (χ0n) is 7.09. The minimum Gasteiger partial charge on any atom is -0.319 e. The third-order valence-corrected chi connectivity index (χ3v) is 3.22. The van der Waals surface area contributed by atoms with Crippen LogP contribution in [0, 0.1) is 0 Å². The van der Waals surface area contributed by atoms with Gasteiger partial charge in [-0.2, -0.15) is 0 Å². The number of nitrogens with two attached hydrogens (primary N) is 1. The molecule has 13 heavy (non-hydrogen) atoms. The second-order valence-corrected chi connectivity index (χ2v) is 4.44. The Morgan fingerprint density at radius 1 is 1.46 bits per heavy atom. The van der Waals surface area contributed by atoms with Gasteiger partial charge in [0.1, 0.15) is 6.29 Å². The van der Waals surface area contributed by atoms with Crippen LogP contribution in [-0.4, -0.2) is 11.8 Å². The number of hydrogen-bond acceptors (Lipinski definition) is 2. The van der Waals surface area contributed by atoms with Gasteiger partial charge in [-0.25, -0.2) is 0 Å². The highest BCUT2D eigenvalue weighted by atomic mass is 79.9. The van der Waals surface area contributed by atoms with Crippen molar-refractivity contribution in [3.05, 3.63) is 33.8 Å². The van der Waals surface area contributed by atoms with E-state index in [-0.39, 0.29) is 0 Å². The Bertz CT molecular complexity index is 364. The average Bonchev–Trinajstić information content (AvgIpc) is 2.45. The predicted octanol–water partition coefficient (Wildman–Crippen LogP) is 1.44. The molecule has 2 rings (SSSR count). The number of hydrogen-bond donors (Lipinski definition) is 1. The molecule has 1 aromatic rings. The normalized spacial score (nSPS) is 25.7. The molecule has 2 nitrogen and oxygen atoms in total. The number of benzene rings is 1. The van der Waals surface area contributed by atoms with E-state index in [0.29, 0.717) is 12.8 Å². The molecule has 0 aromatic heterocycles. The first-order valence-corrected chi connectivity index (χ1v) is 4.95. The molecular formula is C10H10BrNO. The molecule has 0 saturated carbocycles. The van der Waals surface area contributed by atoms with Crippen LogP contribution in [0.2, 0.25) is 0 Å². The zero-order valence-corrected chi connectivity index (χ0v) is 8.67. The first-order valence-electron chi connectivity index (χ1n) is 4.16. The van der Waals surface area contributed by atoms with Crippen molar-refractivity contribution in [1.29, 1.82) is 0 Å². The highest BCUT2D eigenvalue weighted by Crippen LogP contribution is 2.32. The molecule has 0 aliphatic heterocycles. The van der Waals surface area contributed by atoms with Gasteiger partial charge in [-0.1, -0.05) is 28.1 Å². The summed E-state index contributed by atoms with van der Waals surface area (Å²) in [5, 5.41) is 0. The Kier molecular flexibility index (Phi) is 2.00. The number of fused-ring (bicyclic) bond motifs is 1. The maximum atomic E-state index is 10.8. The van der Waals surface area contributed by atoms with Crippen molar-refractivity contribution in [2.24, 2.45) is 5.73 Å². The molecule has 1 aliphatic carbocycles. The van der Waals surface area contributed by atoms with Crippen molar-refractivity contribution in [2.75, 3.05) is 0 Å². The molecule has 1 aliphatic rings. The smallest absolute Gasteiger partial charge is 0.140 e. The van der Waals surface area contributed by atoms with Crippen LogP contribution in [0.3, 0.4) is 0 Å². The molecule has 1 aromatic carbocycles. The number of aldehydes is 1. The van der Waals surface area contributed by atoms with Crippen LogP contribution in [0.5, 0.6) is 0 Å². The summed E-state index contributed by atoms with van der Waals surface area (Å²) in [5.74, 6) is 0. The summed E-state index contributed by atoms with van der Waals surface area (Å²) in [5.41, 5.74) is 7.58. The van der Waals surface area contributed by atoms with Crippen molar-refractivity contribution >= 4 is 22.2 Å². The molecule has 0 fully saturated rings. The molecule has 0 saturated heterocycles. The molecule has 0 radical (unpaired) electrons. The van der Waals surface area contributed by atoms with Crippen LogP contribution in [0.4, 0.5) is 0 Å². The highest BCUT2D eigenvalue weighted by Gasteiger charge is 2.33. The average molecular weight is 240 g/mol. The van der Waals surface area contributed by atoms with Gasteiger partial charge in [-0.15, -0.1) is 0 Å². The highest BCUT2D eigenvalue weighted by molar-refractivity contribution is 9.10. The molecule has 1 unspecified atom stereocenters. The van der Waals surface area contributed by atoms with Crippen molar-refractivity contribution in [2.45, 2.75) is 18.4 Å². The SMILES string of the molecule is NC1(C=O)Cc2cccc(Br)c2C1. The molecule has 3 heteroatoms. The molecule has 0 amide bonds. The fourth-order valence-electron chi connectivity index (χ4n) is 1.80. The van der Waals surface area contributed by atoms with E-state index >= 15 is 0 Å². The van der Waals surface area contributed by atoms with Crippen LogP contribution in [0.1, 0.15) is 11.1 Å². The molecule has 0 heterocycles. The summed E-state index contributed by atoms with van der Waals surface area (Å²) in [4.78, 5) is 10.8. The Morgan fingerprint density at radius 3 is 2.85 bits per heavy atom. The molecule has 1 atom stereocenters. The summed E-state index contributed by atoms with van der Waals surface area (Å²) in [6.07, 6.45) is 2.16. The Morgan fingerprint density at radius 2 is 2.23 bits per heavy atom. The maximum Gasteiger partial charge on any atom is 0.140 e. The van der Waals surface area contributed by atoms with Gasteiger partial charge < -0.3 is 10.5 Å². The van der Waals surface area contributed by atoms with Crippen molar-refractivity contribution in [3.8, 4) is 0 Å². The standard InChI is InChI=1S/C10H10BrNO/c11-9-3-1-2-7-4-10(12,6-13)5-8(7)9/h1-3,6H,4-5,12H2. The fraction of sp³-hybridized carbons (Fsp3) is 0.300. The van der Waals surface area contributed by atoms with E-state index in [9.17, 15) is 4.79 Å². The van der Waals surface area contributed by atoms with E-state index in [1.807, 2.05) is 18.2 Å². The lowest BCUT2D eigenvalue weighted by molar-refractivity contribution is -0.111. The Labute approximate surface area is 85.3 Å². The van der Waals surface area contributed by atoms with Gasteiger partial charge in [0.2, 0.25) is 0 Å². The first kappa shape index (κ1) is 8.91. The quantitative estimate of drug-likeness (QED) is 0.755. The maximum absolute atomic E-state index is 10.8. The third kappa shape index (κ3) is 1.42. The lowest BCUT2D eigenvalue weighted by Gasteiger charge is -2.13.